The number of nitrogens with one attached hydrogen (secondary N) is 1. The van der Waals surface area contributed by atoms with Gasteiger partial charge in [0.15, 0.2) is 11.6 Å². The number of methoxy groups -OCH3 is 1. The highest BCUT2D eigenvalue weighted by molar-refractivity contribution is 5.92. The summed E-state index contributed by atoms with van der Waals surface area (Å²) in [5, 5.41) is 6.97. The molecule has 2 aromatic rings. The third-order valence-electron chi connectivity index (χ3n) is 3.50. The lowest BCUT2D eigenvalue weighted by atomic mass is 10.2. The lowest BCUT2D eigenvalue weighted by Crippen LogP contribution is -2.32. The summed E-state index contributed by atoms with van der Waals surface area (Å²) in [5.74, 6) is 1.49. The van der Waals surface area contributed by atoms with Crippen LogP contribution in [-0.2, 0) is 4.74 Å². The predicted octanol–water partition coefficient (Wildman–Crippen LogP) is 1.31. The molecule has 0 saturated carbocycles. The van der Waals surface area contributed by atoms with Gasteiger partial charge < -0.3 is 14.1 Å². The van der Waals surface area contributed by atoms with Gasteiger partial charge in [0, 0.05) is 20.1 Å². The number of aromatic amines is 1. The van der Waals surface area contributed by atoms with E-state index in [1.165, 1.54) is 6.26 Å². The van der Waals surface area contributed by atoms with Crippen molar-refractivity contribution in [2.24, 2.45) is 0 Å². The van der Waals surface area contributed by atoms with Crippen molar-refractivity contribution < 1.29 is 13.9 Å². The molecule has 0 unspecified atom stereocenters. The fourth-order valence-corrected chi connectivity index (χ4v) is 2.49. The van der Waals surface area contributed by atoms with E-state index < -0.39 is 0 Å². The van der Waals surface area contributed by atoms with Crippen molar-refractivity contribution in [3.05, 3.63) is 35.8 Å². The van der Waals surface area contributed by atoms with Gasteiger partial charge >= 0.3 is 0 Å². The van der Waals surface area contributed by atoms with Crippen LogP contribution in [0, 0.1) is 6.92 Å². The Bertz CT molecular complexity index is 593. The van der Waals surface area contributed by atoms with E-state index in [0.717, 1.165) is 5.82 Å². The van der Waals surface area contributed by atoms with E-state index in [2.05, 4.69) is 15.2 Å². The molecule has 1 N–H and O–H groups in total. The van der Waals surface area contributed by atoms with Crippen molar-refractivity contribution in [1.29, 1.82) is 0 Å². The molecular formula is C13H16N4O3. The molecule has 106 valence electrons. The zero-order chi connectivity index (χ0) is 14.1. The maximum atomic E-state index is 12.5. The van der Waals surface area contributed by atoms with E-state index >= 15 is 0 Å². The molecule has 3 heterocycles. The number of carbonyl (C=O) groups is 1. The average Bonchev–Trinajstić information content (AvgIpc) is 3.17. The van der Waals surface area contributed by atoms with Gasteiger partial charge in [0.2, 0.25) is 0 Å². The Kier molecular flexibility index (Phi) is 3.27. The van der Waals surface area contributed by atoms with E-state index in [1.54, 1.807) is 24.1 Å². The summed E-state index contributed by atoms with van der Waals surface area (Å²) < 4.78 is 10.6. The van der Waals surface area contributed by atoms with Crippen molar-refractivity contribution in [2.75, 3.05) is 13.7 Å². The van der Waals surface area contributed by atoms with Crippen LogP contribution in [0.4, 0.5) is 0 Å². The smallest absolute Gasteiger partial charge is 0.290 e. The van der Waals surface area contributed by atoms with Crippen LogP contribution in [0.2, 0.25) is 0 Å². The van der Waals surface area contributed by atoms with Crippen LogP contribution in [0.1, 0.15) is 34.7 Å². The molecule has 7 heteroatoms. The number of H-pyrrole nitrogens is 1. The van der Waals surface area contributed by atoms with Crippen LogP contribution in [0.3, 0.4) is 0 Å². The Morgan fingerprint density at radius 1 is 1.60 bits per heavy atom. The molecule has 1 saturated heterocycles. The highest BCUT2D eigenvalue weighted by atomic mass is 16.5. The van der Waals surface area contributed by atoms with Gasteiger partial charge in [-0.3, -0.25) is 9.89 Å². The molecule has 20 heavy (non-hydrogen) atoms. The number of nitrogens with zero attached hydrogens (tertiary/aromatic N) is 3. The lowest BCUT2D eigenvalue weighted by Gasteiger charge is -2.20. The largest absolute Gasteiger partial charge is 0.459 e. The predicted molar refractivity (Wildman–Crippen MR) is 69.0 cm³/mol. The number of rotatable bonds is 3. The molecule has 0 aliphatic carbocycles. The van der Waals surface area contributed by atoms with Gasteiger partial charge in [-0.05, 0) is 19.1 Å². The molecule has 2 atom stereocenters. The van der Waals surface area contributed by atoms with Gasteiger partial charge in [0.1, 0.15) is 5.82 Å². The van der Waals surface area contributed by atoms with Crippen LogP contribution >= 0.6 is 0 Å². The average molecular weight is 276 g/mol. The number of furan rings is 1. The van der Waals surface area contributed by atoms with Crippen LogP contribution in [0.25, 0.3) is 0 Å². The second-order valence-corrected chi connectivity index (χ2v) is 4.82. The topological polar surface area (TPSA) is 84.2 Å². The molecular weight excluding hydrogens is 260 g/mol. The minimum atomic E-state index is -0.192. The molecule has 0 spiro atoms. The molecule has 0 radical (unpaired) electrons. The monoisotopic (exact) mass is 276 g/mol. The van der Waals surface area contributed by atoms with Crippen LogP contribution < -0.4 is 0 Å². The highest BCUT2D eigenvalue weighted by Crippen LogP contribution is 2.32. The third kappa shape index (κ3) is 2.20. The summed E-state index contributed by atoms with van der Waals surface area (Å²) in [7, 11) is 1.64. The molecule has 3 rings (SSSR count). The number of aromatic nitrogens is 3. The van der Waals surface area contributed by atoms with Crippen molar-refractivity contribution in [1.82, 2.24) is 20.1 Å². The Morgan fingerprint density at radius 2 is 2.45 bits per heavy atom. The van der Waals surface area contributed by atoms with E-state index in [0.29, 0.717) is 24.6 Å². The summed E-state index contributed by atoms with van der Waals surface area (Å²) in [4.78, 5) is 18.5. The maximum absolute atomic E-state index is 12.5. The number of hydrogen-bond acceptors (Lipinski definition) is 5. The summed E-state index contributed by atoms with van der Waals surface area (Å²) in [6.45, 7) is 2.34. The molecule has 1 aliphatic heterocycles. The molecule has 0 bridgehead atoms. The van der Waals surface area contributed by atoms with E-state index in [1.807, 2.05) is 6.92 Å². The second kappa shape index (κ2) is 5.09. The molecule has 2 aromatic heterocycles. The number of likely N-dealkylation sites (tertiary alicyclic amines) is 1. The molecule has 1 fully saturated rings. The fraction of sp³-hybridized carbons (Fsp3) is 0.462. The SMILES string of the molecule is CO[C@@H]1C[C@@H](c2n[nH]c(C)n2)N(C(=O)c2ccco2)C1. The van der Waals surface area contributed by atoms with Gasteiger partial charge in [-0.2, -0.15) is 5.10 Å². The summed E-state index contributed by atoms with van der Waals surface area (Å²) >= 11 is 0. The van der Waals surface area contributed by atoms with Crippen molar-refractivity contribution in [3.8, 4) is 0 Å². The number of carbonyl (C=O) groups excluding carboxylic acids is 1. The first kappa shape index (κ1) is 12.9. The molecule has 7 nitrogen and oxygen atoms in total. The quantitative estimate of drug-likeness (QED) is 0.913. The van der Waals surface area contributed by atoms with E-state index in [9.17, 15) is 4.79 Å². The highest BCUT2D eigenvalue weighted by Gasteiger charge is 2.39. The molecule has 1 aliphatic rings. The van der Waals surface area contributed by atoms with Crippen LogP contribution in [-0.4, -0.2) is 45.7 Å². The van der Waals surface area contributed by atoms with Gasteiger partial charge in [-0.15, -0.1) is 0 Å². The normalized spacial score (nSPS) is 22.4. The number of ether oxygens (including phenoxy) is 1. The Morgan fingerprint density at radius 3 is 3.05 bits per heavy atom. The van der Waals surface area contributed by atoms with Gasteiger partial charge in [0.25, 0.3) is 5.91 Å². The molecule has 0 aromatic carbocycles. The third-order valence-corrected chi connectivity index (χ3v) is 3.50. The number of aryl methyl sites for hydroxylation is 1. The minimum absolute atomic E-state index is 0.0160. The Balaban J connectivity index is 1.88. The Hall–Kier alpha value is -2.15. The zero-order valence-corrected chi connectivity index (χ0v) is 11.4. The zero-order valence-electron chi connectivity index (χ0n) is 11.4. The minimum Gasteiger partial charge on any atom is -0.459 e. The number of hydrogen-bond donors (Lipinski definition) is 1. The summed E-state index contributed by atoms with van der Waals surface area (Å²) in [6.07, 6.45) is 2.15. The first-order valence-corrected chi connectivity index (χ1v) is 6.45. The second-order valence-electron chi connectivity index (χ2n) is 4.82. The van der Waals surface area contributed by atoms with Crippen molar-refractivity contribution in [3.63, 3.8) is 0 Å². The first-order valence-electron chi connectivity index (χ1n) is 6.45. The standard InChI is InChI=1S/C13H16N4O3/c1-8-14-12(16-15-8)10-6-9(19-2)7-17(10)13(18)11-4-3-5-20-11/h3-5,9-10H,6-7H2,1-2H3,(H,14,15,16)/t9-,10+/m1/s1. The lowest BCUT2D eigenvalue weighted by molar-refractivity contribution is 0.0654. The Labute approximate surface area is 115 Å². The van der Waals surface area contributed by atoms with Crippen molar-refractivity contribution in [2.45, 2.75) is 25.5 Å². The van der Waals surface area contributed by atoms with Gasteiger partial charge in [0.05, 0.1) is 18.4 Å². The van der Waals surface area contributed by atoms with Crippen LogP contribution in [0.15, 0.2) is 22.8 Å². The summed E-state index contributed by atoms with van der Waals surface area (Å²) in [5.41, 5.74) is 0. The van der Waals surface area contributed by atoms with Gasteiger partial charge in [-0.1, -0.05) is 0 Å². The maximum Gasteiger partial charge on any atom is 0.290 e. The first-order chi connectivity index (χ1) is 9.69. The molecule has 1 amide bonds. The van der Waals surface area contributed by atoms with Crippen molar-refractivity contribution >= 4 is 5.91 Å². The van der Waals surface area contributed by atoms with E-state index in [-0.39, 0.29) is 18.1 Å². The summed E-state index contributed by atoms with van der Waals surface area (Å²) in [6, 6.07) is 3.16. The van der Waals surface area contributed by atoms with Gasteiger partial charge in [-0.25, -0.2) is 4.98 Å². The van der Waals surface area contributed by atoms with E-state index in [4.69, 9.17) is 9.15 Å². The number of amides is 1. The van der Waals surface area contributed by atoms with Crippen LogP contribution in [0.5, 0.6) is 0 Å². The fourth-order valence-electron chi connectivity index (χ4n) is 2.49.